The molecule has 1 aliphatic heterocycles. The van der Waals surface area contributed by atoms with Gasteiger partial charge in [0.25, 0.3) is 0 Å². The van der Waals surface area contributed by atoms with Gasteiger partial charge in [-0.05, 0) is 48.2 Å². The van der Waals surface area contributed by atoms with Crippen molar-refractivity contribution in [3.8, 4) is 0 Å². The van der Waals surface area contributed by atoms with Gasteiger partial charge in [-0.25, -0.2) is 4.39 Å². The quantitative estimate of drug-likeness (QED) is 0.779. The van der Waals surface area contributed by atoms with Crippen LogP contribution in [0.1, 0.15) is 36.0 Å². The smallest absolute Gasteiger partial charge is 0.243 e. The summed E-state index contributed by atoms with van der Waals surface area (Å²) in [6.07, 6.45) is 2.39. The zero-order chi connectivity index (χ0) is 20.1. The third-order valence-corrected chi connectivity index (χ3v) is 5.34. The number of rotatable bonds is 6. The maximum absolute atomic E-state index is 13.2. The van der Waals surface area contributed by atoms with E-state index in [2.05, 4.69) is 18.8 Å². The minimum absolute atomic E-state index is 0.0691. The Bertz CT molecular complexity index is 863. The molecular weight excluding hydrogens is 355 g/mol. The van der Waals surface area contributed by atoms with Gasteiger partial charge in [-0.15, -0.1) is 0 Å². The first-order valence-electron chi connectivity index (χ1n) is 9.50. The Morgan fingerprint density at radius 1 is 1.18 bits per heavy atom. The van der Waals surface area contributed by atoms with Gasteiger partial charge in [0.1, 0.15) is 5.82 Å². The summed E-state index contributed by atoms with van der Waals surface area (Å²) in [6.45, 7) is 6.50. The van der Waals surface area contributed by atoms with E-state index in [4.69, 9.17) is 0 Å². The fourth-order valence-corrected chi connectivity index (χ4v) is 3.78. The predicted molar refractivity (Wildman–Crippen MR) is 107 cm³/mol. The van der Waals surface area contributed by atoms with Crippen molar-refractivity contribution < 1.29 is 14.0 Å². The summed E-state index contributed by atoms with van der Waals surface area (Å²) >= 11 is 0. The molecule has 0 aliphatic carbocycles. The second kappa shape index (κ2) is 8.83. The van der Waals surface area contributed by atoms with Gasteiger partial charge in [0, 0.05) is 25.0 Å². The SMILES string of the molecule is C=CC(=O)NCc1ccccc1CC(=O)N1CC(c2ccc(F)cc2)CC1C. The molecule has 0 saturated carbocycles. The Morgan fingerprint density at radius 3 is 2.54 bits per heavy atom. The molecule has 4 nitrogen and oxygen atoms in total. The maximum atomic E-state index is 13.2. The number of halogens is 1. The van der Waals surface area contributed by atoms with Crippen LogP contribution >= 0.6 is 0 Å². The predicted octanol–water partition coefficient (Wildman–Crippen LogP) is 3.58. The molecule has 0 bridgehead atoms. The molecule has 0 aromatic heterocycles. The average molecular weight is 380 g/mol. The Morgan fingerprint density at radius 2 is 1.86 bits per heavy atom. The molecule has 2 atom stereocenters. The lowest BCUT2D eigenvalue weighted by molar-refractivity contribution is -0.131. The highest BCUT2D eigenvalue weighted by Crippen LogP contribution is 2.32. The molecule has 1 heterocycles. The molecule has 0 spiro atoms. The fraction of sp³-hybridized carbons (Fsp3) is 0.304. The zero-order valence-corrected chi connectivity index (χ0v) is 16.0. The van der Waals surface area contributed by atoms with Crippen LogP contribution in [0.3, 0.4) is 0 Å². The summed E-state index contributed by atoms with van der Waals surface area (Å²) in [7, 11) is 0. The Balaban J connectivity index is 1.67. The van der Waals surface area contributed by atoms with Gasteiger partial charge < -0.3 is 10.2 Å². The number of hydrogen-bond donors (Lipinski definition) is 1. The minimum Gasteiger partial charge on any atom is -0.348 e. The average Bonchev–Trinajstić information content (AvgIpc) is 3.09. The lowest BCUT2D eigenvalue weighted by atomic mass is 9.97. The number of benzene rings is 2. The largest absolute Gasteiger partial charge is 0.348 e. The fourth-order valence-electron chi connectivity index (χ4n) is 3.78. The summed E-state index contributed by atoms with van der Waals surface area (Å²) in [5, 5.41) is 2.76. The Kier molecular flexibility index (Phi) is 6.24. The molecule has 2 amide bonds. The van der Waals surface area contributed by atoms with Crippen LogP contribution in [0.5, 0.6) is 0 Å². The summed E-state index contributed by atoms with van der Waals surface area (Å²) in [4.78, 5) is 26.3. The molecule has 5 heteroatoms. The van der Waals surface area contributed by atoms with E-state index in [0.717, 1.165) is 23.1 Å². The van der Waals surface area contributed by atoms with E-state index in [1.165, 1.54) is 18.2 Å². The van der Waals surface area contributed by atoms with Crippen LogP contribution in [0.2, 0.25) is 0 Å². The van der Waals surface area contributed by atoms with Crippen molar-refractivity contribution in [3.05, 3.63) is 83.7 Å². The van der Waals surface area contributed by atoms with E-state index in [0.29, 0.717) is 19.5 Å². The van der Waals surface area contributed by atoms with Crippen molar-refractivity contribution in [1.82, 2.24) is 10.2 Å². The van der Waals surface area contributed by atoms with Crippen LogP contribution in [0, 0.1) is 5.82 Å². The Labute approximate surface area is 165 Å². The molecule has 2 aromatic rings. The van der Waals surface area contributed by atoms with Gasteiger partial charge >= 0.3 is 0 Å². The Hall–Kier alpha value is -2.95. The third kappa shape index (κ3) is 4.66. The van der Waals surface area contributed by atoms with Crippen LogP contribution in [0.25, 0.3) is 0 Å². The number of nitrogens with one attached hydrogen (secondary N) is 1. The van der Waals surface area contributed by atoms with Gasteiger partial charge in [0.2, 0.25) is 11.8 Å². The third-order valence-electron chi connectivity index (χ3n) is 5.34. The first-order chi connectivity index (χ1) is 13.5. The lowest BCUT2D eigenvalue weighted by Gasteiger charge is -2.22. The minimum atomic E-state index is -0.247. The molecule has 28 heavy (non-hydrogen) atoms. The molecule has 3 rings (SSSR count). The first kappa shape index (κ1) is 19.8. The summed E-state index contributed by atoms with van der Waals surface area (Å²) in [5.41, 5.74) is 2.90. The van der Waals surface area contributed by atoms with Crippen molar-refractivity contribution in [3.63, 3.8) is 0 Å². The number of carbonyl (C=O) groups excluding carboxylic acids is 2. The van der Waals surface area contributed by atoms with E-state index in [1.807, 2.05) is 29.2 Å². The number of likely N-dealkylation sites (tertiary alicyclic amines) is 1. The van der Waals surface area contributed by atoms with Crippen LogP contribution in [0.4, 0.5) is 4.39 Å². The van der Waals surface area contributed by atoms with Crippen molar-refractivity contribution >= 4 is 11.8 Å². The topological polar surface area (TPSA) is 49.4 Å². The van der Waals surface area contributed by atoms with Gasteiger partial charge in [-0.2, -0.15) is 0 Å². The highest BCUT2D eigenvalue weighted by Gasteiger charge is 2.33. The van der Waals surface area contributed by atoms with E-state index in [9.17, 15) is 14.0 Å². The van der Waals surface area contributed by atoms with E-state index < -0.39 is 0 Å². The van der Waals surface area contributed by atoms with Crippen LogP contribution < -0.4 is 5.32 Å². The molecular formula is C23H25FN2O2. The molecule has 0 radical (unpaired) electrons. The van der Waals surface area contributed by atoms with Crippen LogP contribution in [-0.4, -0.2) is 29.3 Å². The molecule has 2 unspecified atom stereocenters. The van der Waals surface area contributed by atoms with Crippen molar-refractivity contribution in [1.29, 1.82) is 0 Å². The van der Waals surface area contributed by atoms with E-state index in [-0.39, 0.29) is 29.6 Å². The normalized spacial score (nSPS) is 18.7. The first-order valence-corrected chi connectivity index (χ1v) is 9.50. The summed E-state index contributed by atoms with van der Waals surface area (Å²) in [6, 6.07) is 14.3. The highest BCUT2D eigenvalue weighted by atomic mass is 19.1. The summed E-state index contributed by atoms with van der Waals surface area (Å²) in [5.74, 6) is -0.194. The van der Waals surface area contributed by atoms with Crippen molar-refractivity contribution in [2.75, 3.05) is 6.54 Å². The van der Waals surface area contributed by atoms with Gasteiger partial charge in [-0.3, -0.25) is 9.59 Å². The molecule has 1 fully saturated rings. The van der Waals surface area contributed by atoms with E-state index >= 15 is 0 Å². The molecule has 1 saturated heterocycles. The number of amides is 2. The van der Waals surface area contributed by atoms with Gasteiger partial charge in [0.05, 0.1) is 6.42 Å². The highest BCUT2D eigenvalue weighted by molar-refractivity contribution is 5.86. The zero-order valence-electron chi connectivity index (χ0n) is 16.0. The van der Waals surface area contributed by atoms with E-state index in [1.54, 1.807) is 12.1 Å². The van der Waals surface area contributed by atoms with Gasteiger partial charge in [-0.1, -0.05) is 43.0 Å². The molecule has 2 aromatic carbocycles. The van der Waals surface area contributed by atoms with Gasteiger partial charge in [0.15, 0.2) is 0 Å². The maximum Gasteiger partial charge on any atom is 0.243 e. The van der Waals surface area contributed by atoms with Crippen LogP contribution in [-0.2, 0) is 22.6 Å². The number of nitrogens with zero attached hydrogens (tertiary/aromatic N) is 1. The second-order valence-corrected chi connectivity index (χ2v) is 7.25. The lowest BCUT2D eigenvalue weighted by Crippen LogP contribution is -2.35. The molecule has 1 aliphatic rings. The van der Waals surface area contributed by atoms with Crippen LogP contribution in [0.15, 0.2) is 61.2 Å². The number of hydrogen-bond acceptors (Lipinski definition) is 2. The summed E-state index contributed by atoms with van der Waals surface area (Å²) < 4.78 is 13.2. The molecule has 146 valence electrons. The second-order valence-electron chi connectivity index (χ2n) is 7.25. The standard InChI is InChI=1S/C23H25FN2O2/c1-3-22(27)25-14-19-7-5-4-6-18(19)13-23(28)26-15-20(12-16(26)2)17-8-10-21(24)11-9-17/h3-11,16,20H,1,12-15H2,2H3,(H,25,27). The van der Waals surface area contributed by atoms with Crippen molar-refractivity contribution in [2.24, 2.45) is 0 Å². The van der Waals surface area contributed by atoms with Crippen molar-refractivity contribution in [2.45, 2.75) is 38.3 Å². The molecule has 1 N–H and O–H groups in total. The number of carbonyl (C=O) groups is 2. The monoisotopic (exact) mass is 380 g/mol.